The number of benzene rings is 2. The molecule has 2 aromatic rings. The van der Waals surface area contributed by atoms with Crippen molar-refractivity contribution in [2.24, 2.45) is 11.8 Å². The van der Waals surface area contributed by atoms with Gasteiger partial charge in [0.25, 0.3) is 0 Å². The normalized spacial score (nSPS) is 22.4. The number of nitrogens with zero attached hydrogens (tertiary/aromatic N) is 2. The molecular formula is C32H37F9N2O4. The average Bonchev–Trinajstić information content (AvgIpc) is 3.25. The Morgan fingerprint density at radius 1 is 0.915 bits per heavy atom. The number of amides is 1. The molecule has 1 heterocycles. The van der Waals surface area contributed by atoms with Crippen molar-refractivity contribution >= 4 is 11.8 Å². The second-order valence-corrected chi connectivity index (χ2v) is 12.2. The number of anilines is 1. The Kier molecular flexibility index (Phi) is 11.2. The number of rotatable bonds is 11. The first-order valence-corrected chi connectivity index (χ1v) is 15.4. The van der Waals surface area contributed by atoms with Crippen LogP contribution in [0.3, 0.4) is 0 Å². The Morgan fingerprint density at radius 3 is 2.04 bits per heavy atom. The van der Waals surface area contributed by atoms with E-state index in [-0.39, 0.29) is 30.7 Å². The lowest BCUT2D eigenvalue weighted by atomic mass is 9.80. The topological polar surface area (TPSA) is 62.2 Å². The minimum absolute atomic E-state index is 0.0252. The number of ether oxygens (including phenoxy) is 2. The zero-order valence-electron chi connectivity index (χ0n) is 25.8. The van der Waals surface area contributed by atoms with Gasteiger partial charge in [0, 0.05) is 25.4 Å². The first-order valence-electron chi connectivity index (χ1n) is 15.4. The zero-order valence-corrected chi connectivity index (χ0v) is 25.8. The highest BCUT2D eigenvalue weighted by Gasteiger charge is 2.44. The maximum absolute atomic E-state index is 13.5. The summed E-state index contributed by atoms with van der Waals surface area (Å²) in [5.41, 5.74) is -2.90. The first-order chi connectivity index (χ1) is 21.9. The summed E-state index contributed by atoms with van der Waals surface area (Å²) in [6.07, 6.45) is -12.8. The molecule has 0 spiro atoms. The Labute approximate surface area is 266 Å². The fraction of sp³-hybridized carbons (Fsp3) is 0.594. The van der Waals surface area contributed by atoms with Gasteiger partial charge in [0.05, 0.1) is 23.7 Å². The summed E-state index contributed by atoms with van der Waals surface area (Å²) >= 11 is 0. The number of hydrogen-bond acceptors (Lipinski definition) is 5. The summed E-state index contributed by atoms with van der Waals surface area (Å²) < 4.78 is 130. The van der Waals surface area contributed by atoms with Gasteiger partial charge in [0.1, 0.15) is 11.9 Å². The maximum atomic E-state index is 13.5. The van der Waals surface area contributed by atoms with Gasteiger partial charge in [-0.3, -0.25) is 4.90 Å². The molecule has 2 atom stereocenters. The van der Waals surface area contributed by atoms with E-state index < -0.39 is 59.4 Å². The summed E-state index contributed by atoms with van der Waals surface area (Å²) in [6.45, 7) is 4.17. The number of carbonyl (C=O) groups excluding carboxylic acids is 1. The molecule has 0 unspecified atom stereocenters. The van der Waals surface area contributed by atoms with Crippen molar-refractivity contribution in [2.75, 3.05) is 24.6 Å². The van der Waals surface area contributed by atoms with Crippen LogP contribution in [0.4, 0.5) is 50.0 Å². The summed E-state index contributed by atoms with van der Waals surface area (Å²) in [6, 6.07) is 3.61. The molecule has 1 aliphatic carbocycles. The molecule has 6 nitrogen and oxygen atoms in total. The quantitative estimate of drug-likeness (QED) is 0.239. The molecule has 4 rings (SSSR count). The molecule has 0 aromatic heterocycles. The highest BCUT2D eigenvalue weighted by atomic mass is 19.4. The summed E-state index contributed by atoms with van der Waals surface area (Å²) in [7, 11) is 0. The molecule has 1 N–H and O–H groups in total. The van der Waals surface area contributed by atoms with E-state index in [1.807, 2.05) is 11.8 Å². The molecule has 1 saturated carbocycles. The van der Waals surface area contributed by atoms with Crippen LogP contribution in [0.25, 0.3) is 0 Å². The minimum atomic E-state index is -5.11. The van der Waals surface area contributed by atoms with Crippen LogP contribution in [-0.2, 0) is 23.6 Å². The molecule has 15 heteroatoms. The van der Waals surface area contributed by atoms with Crippen LogP contribution in [0.2, 0.25) is 0 Å². The van der Waals surface area contributed by atoms with Crippen molar-refractivity contribution < 1.29 is 58.9 Å². The van der Waals surface area contributed by atoms with Gasteiger partial charge in [-0.05, 0) is 92.0 Å². The van der Waals surface area contributed by atoms with Gasteiger partial charge >= 0.3 is 24.8 Å². The van der Waals surface area contributed by atoms with Crippen molar-refractivity contribution in [1.29, 1.82) is 0 Å². The highest BCUT2D eigenvalue weighted by Crippen LogP contribution is 2.42. The smallest absolute Gasteiger partial charge is 0.439 e. The monoisotopic (exact) mass is 684 g/mol. The summed E-state index contributed by atoms with van der Waals surface area (Å²) in [5.74, 6) is 0.130. The summed E-state index contributed by atoms with van der Waals surface area (Å²) in [5, 5.41) is 9.28. The SMILES string of the molecule is CCCN(CC1CCC(CCO)CC1)c1ccc(OC(F)(F)F)cc1CN1C(=O)O[C@H](c2cc(C(F)(F)F)cc(C(F)(F)F)c2)[C@@H]1C. The lowest BCUT2D eigenvalue weighted by molar-refractivity contribution is -0.274. The van der Waals surface area contributed by atoms with Crippen LogP contribution in [0.1, 0.15) is 80.7 Å². The van der Waals surface area contributed by atoms with E-state index >= 15 is 0 Å². The van der Waals surface area contributed by atoms with Gasteiger partial charge < -0.3 is 19.5 Å². The number of cyclic esters (lactones) is 1. The number of carbonyl (C=O) groups is 1. The van der Waals surface area contributed by atoms with Crippen molar-refractivity contribution in [3.63, 3.8) is 0 Å². The molecule has 1 aliphatic heterocycles. The van der Waals surface area contributed by atoms with Gasteiger partial charge in [-0.25, -0.2) is 4.79 Å². The third kappa shape index (κ3) is 9.38. The van der Waals surface area contributed by atoms with Crippen LogP contribution in [0.15, 0.2) is 36.4 Å². The second-order valence-electron chi connectivity index (χ2n) is 12.2. The maximum Gasteiger partial charge on any atom is 0.573 e. The third-order valence-electron chi connectivity index (χ3n) is 8.77. The number of halogens is 9. The molecular weight excluding hydrogens is 647 g/mol. The zero-order chi connectivity index (χ0) is 34.7. The van der Waals surface area contributed by atoms with Crippen molar-refractivity contribution in [2.45, 2.75) is 89.8 Å². The molecule has 1 amide bonds. The van der Waals surface area contributed by atoms with E-state index in [1.165, 1.54) is 13.0 Å². The highest BCUT2D eigenvalue weighted by molar-refractivity contribution is 5.72. The lowest BCUT2D eigenvalue weighted by Gasteiger charge is -2.35. The Balaban J connectivity index is 1.66. The van der Waals surface area contributed by atoms with E-state index in [0.29, 0.717) is 43.2 Å². The predicted molar refractivity (Wildman–Crippen MR) is 153 cm³/mol. The number of alkyl halides is 9. The molecule has 0 bridgehead atoms. The van der Waals surface area contributed by atoms with Crippen molar-refractivity contribution in [3.8, 4) is 5.75 Å². The van der Waals surface area contributed by atoms with Gasteiger partial charge in [0.2, 0.25) is 0 Å². The standard InChI is InChI=1S/C32H37F9N2O4/c1-3-11-42(17-21-6-4-20(5-7-21)10-12-44)27-9-8-26(47-32(39,40)41)15-23(27)18-43-19(2)28(46-29(43)45)22-13-24(30(33,34)35)16-25(14-22)31(36,37)38/h8-9,13-16,19-21,28,44H,3-7,10-12,17-18H2,1-2H3/t19-,20?,21?,28-/m0/s1. The number of aliphatic hydroxyl groups is 1. The molecule has 2 aromatic carbocycles. The fourth-order valence-electron chi connectivity index (χ4n) is 6.46. The van der Waals surface area contributed by atoms with Crippen LogP contribution in [0.5, 0.6) is 5.75 Å². The van der Waals surface area contributed by atoms with Gasteiger partial charge in [-0.2, -0.15) is 26.3 Å². The van der Waals surface area contributed by atoms with Gasteiger partial charge in [-0.1, -0.05) is 19.8 Å². The van der Waals surface area contributed by atoms with E-state index in [1.54, 1.807) is 0 Å². The van der Waals surface area contributed by atoms with Crippen molar-refractivity contribution in [1.82, 2.24) is 4.90 Å². The van der Waals surface area contributed by atoms with Crippen molar-refractivity contribution in [3.05, 3.63) is 58.7 Å². The van der Waals surface area contributed by atoms with Crippen LogP contribution < -0.4 is 9.64 Å². The summed E-state index contributed by atoms with van der Waals surface area (Å²) in [4.78, 5) is 16.2. The second kappa shape index (κ2) is 14.4. The van der Waals surface area contributed by atoms with Gasteiger partial charge in [-0.15, -0.1) is 13.2 Å². The average molecular weight is 685 g/mol. The molecule has 2 fully saturated rings. The molecule has 2 aliphatic rings. The lowest BCUT2D eigenvalue weighted by Crippen LogP contribution is -2.35. The van der Waals surface area contributed by atoms with Gasteiger partial charge in [0.15, 0.2) is 0 Å². The molecule has 262 valence electrons. The predicted octanol–water partition coefficient (Wildman–Crippen LogP) is 9.11. The molecule has 47 heavy (non-hydrogen) atoms. The minimum Gasteiger partial charge on any atom is -0.439 e. The van der Waals surface area contributed by atoms with E-state index in [9.17, 15) is 49.4 Å². The van der Waals surface area contributed by atoms with E-state index in [2.05, 4.69) is 4.74 Å². The van der Waals surface area contributed by atoms with Crippen LogP contribution in [0, 0.1) is 11.8 Å². The largest absolute Gasteiger partial charge is 0.573 e. The first kappa shape index (κ1) is 36.5. The van der Waals surface area contributed by atoms with E-state index in [0.717, 1.165) is 49.1 Å². The Hall–Kier alpha value is -3.36. The number of aliphatic hydroxyl groups excluding tert-OH is 1. The third-order valence-corrected chi connectivity index (χ3v) is 8.77. The Morgan fingerprint density at radius 2 is 1.51 bits per heavy atom. The fourth-order valence-corrected chi connectivity index (χ4v) is 6.46. The Bertz CT molecular complexity index is 1340. The van der Waals surface area contributed by atoms with Crippen LogP contribution >= 0.6 is 0 Å². The van der Waals surface area contributed by atoms with Crippen LogP contribution in [-0.4, -0.2) is 48.2 Å². The molecule has 0 radical (unpaired) electrons. The number of hydrogen-bond donors (Lipinski definition) is 1. The van der Waals surface area contributed by atoms with E-state index in [4.69, 9.17) is 4.74 Å². The molecule has 1 saturated heterocycles.